The van der Waals surface area contributed by atoms with Crippen LogP contribution >= 0.6 is 0 Å². The molecule has 0 spiro atoms. The molecule has 20 heavy (non-hydrogen) atoms. The molecular formula is C14H18F2N2O2. The molecule has 1 fully saturated rings. The zero-order valence-electron chi connectivity index (χ0n) is 11.2. The zero-order chi connectivity index (χ0) is 14.7. The Labute approximate surface area is 116 Å². The van der Waals surface area contributed by atoms with Gasteiger partial charge in [0, 0.05) is 18.2 Å². The van der Waals surface area contributed by atoms with Crippen LogP contribution in [0.15, 0.2) is 18.2 Å². The number of nitrogens with one attached hydrogen (secondary N) is 2. The van der Waals surface area contributed by atoms with Crippen molar-refractivity contribution in [2.24, 2.45) is 0 Å². The van der Waals surface area contributed by atoms with E-state index in [9.17, 15) is 18.7 Å². The van der Waals surface area contributed by atoms with E-state index in [1.807, 2.05) is 6.92 Å². The highest BCUT2D eigenvalue weighted by molar-refractivity contribution is 5.82. The van der Waals surface area contributed by atoms with Gasteiger partial charge in [-0.3, -0.25) is 4.79 Å². The molecule has 1 heterocycles. The summed E-state index contributed by atoms with van der Waals surface area (Å²) in [6.45, 7) is 2.18. The first kappa shape index (κ1) is 14.9. The molecule has 0 aromatic heterocycles. The Morgan fingerprint density at radius 2 is 2.30 bits per heavy atom. The number of amides is 1. The van der Waals surface area contributed by atoms with Crippen LogP contribution in [0.2, 0.25) is 0 Å². The van der Waals surface area contributed by atoms with Gasteiger partial charge < -0.3 is 15.7 Å². The Balaban J connectivity index is 2.07. The molecule has 110 valence electrons. The maximum Gasteiger partial charge on any atom is 0.237 e. The Bertz CT molecular complexity index is 496. The summed E-state index contributed by atoms with van der Waals surface area (Å²) in [5.41, 5.74) is 0.265. The lowest BCUT2D eigenvalue weighted by Gasteiger charge is -2.20. The molecule has 1 aliphatic heterocycles. The van der Waals surface area contributed by atoms with E-state index in [2.05, 4.69) is 10.6 Å². The van der Waals surface area contributed by atoms with E-state index < -0.39 is 29.8 Å². The second kappa shape index (κ2) is 6.28. The van der Waals surface area contributed by atoms with Gasteiger partial charge >= 0.3 is 0 Å². The molecule has 1 saturated heterocycles. The van der Waals surface area contributed by atoms with E-state index in [1.165, 1.54) is 12.1 Å². The SMILES string of the molecule is CCC(NC(=O)C1CC(O)CN1)c1ccc(F)cc1F. The summed E-state index contributed by atoms with van der Waals surface area (Å²) in [4.78, 5) is 12.0. The van der Waals surface area contributed by atoms with Crippen LogP contribution in [-0.4, -0.2) is 29.7 Å². The number of hydrogen-bond acceptors (Lipinski definition) is 3. The third-order valence-electron chi connectivity index (χ3n) is 3.49. The number of β-amino-alcohol motifs (C(OH)–C–C–N with tert-alkyl or cyclic N) is 1. The van der Waals surface area contributed by atoms with Crippen molar-refractivity contribution < 1.29 is 18.7 Å². The second-order valence-electron chi connectivity index (χ2n) is 4.99. The highest BCUT2D eigenvalue weighted by Crippen LogP contribution is 2.21. The molecule has 1 amide bonds. The molecule has 1 aromatic rings. The first-order valence-electron chi connectivity index (χ1n) is 6.68. The van der Waals surface area contributed by atoms with Gasteiger partial charge in [-0.1, -0.05) is 13.0 Å². The number of hydrogen-bond donors (Lipinski definition) is 3. The van der Waals surface area contributed by atoms with Crippen molar-refractivity contribution in [2.45, 2.75) is 38.0 Å². The highest BCUT2D eigenvalue weighted by Gasteiger charge is 2.29. The molecule has 0 aliphatic carbocycles. The summed E-state index contributed by atoms with van der Waals surface area (Å²) in [6.07, 6.45) is 0.297. The van der Waals surface area contributed by atoms with Gasteiger partial charge in [-0.05, 0) is 18.9 Å². The van der Waals surface area contributed by atoms with Crippen LogP contribution < -0.4 is 10.6 Å². The normalized spacial score (nSPS) is 23.6. The van der Waals surface area contributed by atoms with Crippen molar-refractivity contribution in [1.82, 2.24) is 10.6 Å². The molecular weight excluding hydrogens is 266 g/mol. The van der Waals surface area contributed by atoms with E-state index >= 15 is 0 Å². The van der Waals surface area contributed by atoms with E-state index in [-0.39, 0.29) is 11.5 Å². The summed E-state index contributed by atoms with van der Waals surface area (Å²) < 4.78 is 26.6. The van der Waals surface area contributed by atoms with E-state index in [1.54, 1.807) is 0 Å². The maximum atomic E-state index is 13.7. The van der Waals surface area contributed by atoms with Gasteiger partial charge in [0.1, 0.15) is 11.6 Å². The molecule has 2 rings (SSSR count). The van der Waals surface area contributed by atoms with Crippen LogP contribution in [0.1, 0.15) is 31.4 Å². The molecule has 3 N–H and O–H groups in total. The molecule has 3 atom stereocenters. The summed E-state index contributed by atoms with van der Waals surface area (Å²) in [5.74, 6) is -1.60. The second-order valence-corrected chi connectivity index (χ2v) is 4.99. The zero-order valence-corrected chi connectivity index (χ0v) is 11.2. The fraction of sp³-hybridized carbons (Fsp3) is 0.500. The van der Waals surface area contributed by atoms with Gasteiger partial charge in [0.2, 0.25) is 5.91 Å². The van der Waals surface area contributed by atoms with Crippen molar-refractivity contribution >= 4 is 5.91 Å². The Morgan fingerprint density at radius 3 is 2.85 bits per heavy atom. The number of aliphatic hydroxyl groups excluding tert-OH is 1. The lowest BCUT2D eigenvalue weighted by atomic mass is 10.0. The third-order valence-corrected chi connectivity index (χ3v) is 3.49. The number of aliphatic hydroxyl groups is 1. The van der Waals surface area contributed by atoms with Crippen LogP contribution in [0.4, 0.5) is 8.78 Å². The number of carbonyl (C=O) groups excluding carboxylic acids is 1. The number of benzene rings is 1. The van der Waals surface area contributed by atoms with E-state index in [0.717, 1.165) is 6.07 Å². The van der Waals surface area contributed by atoms with Crippen molar-refractivity contribution in [2.75, 3.05) is 6.54 Å². The average Bonchev–Trinajstić information content (AvgIpc) is 2.83. The van der Waals surface area contributed by atoms with Crippen molar-refractivity contribution in [3.8, 4) is 0 Å². The largest absolute Gasteiger partial charge is 0.392 e. The quantitative estimate of drug-likeness (QED) is 0.780. The Kier molecular flexibility index (Phi) is 4.67. The minimum absolute atomic E-state index is 0.265. The minimum atomic E-state index is -0.670. The number of halogens is 2. The maximum absolute atomic E-state index is 13.7. The molecule has 0 saturated carbocycles. The molecule has 3 unspecified atom stereocenters. The molecule has 0 radical (unpaired) electrons. The summed E-state index contributed by atoms with van der Waals surface area (Å²) >= 11 is 0. The van der Waals surface area contributed by atoms with Gasteiger partial charge in [-0.15, -0.1) is 0 Å². The van der Waals surface area contributed by atoms with Gasteiger partial charge in [-0.2, -0.15) is 0 Å². The van der Waals surface area contributed by atoms with Gasteiger partial charge in [0.05, 0.1) is 18.2 Å². The lowest BCUT2D eigenvalue weighted by Crippen LogP contribution is -2.42. The van der Waals surface area contributed by atoms with Crippen LogP contribution in [0.3, 0.4) is 0 Å². The first-order valence-corrected chi connectivity index (χ1v) is 6.68. The van der Waals surface area contributed by atoms with Crippen molar-refractivity contribution in [3.63, 3.8) is 0 Å². The molecule has 1 aliphatic rings. The lowest BCUT2D eigenvalue weighted by molar-refractivity contribution is -0.123. The minimum Gasteiger partial charge on any atom is -0.392 e. The van der Waals surface area contributed by atoms with Crippen molar-refractivity contribution in [1.29, 1.82) is 0 Å². The average molecular weight is 284 g/mol. The Morgan fingerprint density at radius 1 is 1.55 bits per heavy atom. The van der Waals surface area contributed by atoms with Gasteiger partial charge in [0.25, 0.3) is 0 Å². The van der Waals surface area contributed by atoms with Crippen LogP contribution in [0, 0.1) is 11.6 Å². The monoisotopic (exact) mass is 284 g/mol. The summed E-state index contributed by atoms with van der Waals surface area (Å²) in [6, 6.07) is 2.34. The smallest absolute Gasteiger partial charge is 0.237 e. The summed E-state index contributed by atoms with van der Waals surface area (Å²) in [7, 11) is 0. The van der Waals surface area contributed by atoms with Crippen LogP contribution in [0.5, 0.6) is 0 Å². The topological polar surface area (TPSA) is 61.4 Å². The van der Waals surface area contributed by atoms with E-state index in [4.69, 9.17) is 0 Å². The standard InChI is InChI=1S/C14H18F2N2O2/c1-2-12(10-4-3-8(15)5-11(10)16)18-14(20)13-6-9(19)7-17-13/h3-5,9,12-13,17,19H,2,6-7H2,1H3,(H,18,20). The predicted octanol–water partition coefficient (Wildman–Crippen LogP) is 1.25. The molecule has 4 nitrogen and oxygen atoms in total. The first-order chi connectivity index (χ1) is 9.51. The fourth-order valence-electron chi connectivity index (χ4n) is 2.37. The van der Waals surface area contributed by atoms with Gasteiger partial charge in [-0.25, -0.2) is 8.78 Å². The fourth-order valence-corrected chi connectivity index (χ4v) is 2.37. The molecule has 0 bridgehead atoms. The van der Waals surface area contributed by atoms with E-state index in [0.29, 0.717) is 19.4 Å². The molecule has 6 heteroatoms. The van der Waals surface area contributed by atoms with Crippen LogP contribution in [0.25, 0.3) is 0 Å². The number of rotatable bonds is 4. The van der Waals surface area contributed by atoms with Crippen LogP contribution in [-0.2, 0) is 4.79 Å². The highest BCUT2D eigenvalue weighted by atomic mass is 19.1. The third kappa shape index (κ3) is 3.32. The predicted molar refractivity (Wildman–Crippen MR) is 69.9 cm³/mol. The Hall–Kier alpha value is -1.53. The summed E-state index contributed by atoms with van der Waals surface area (Å²) in [5, 5.41) is 15.0. The molecule has 1 aromatic carbocycles. The van der Waals surface area contributed by atoms with Crippen molar-refractivity contribution in [3.05, 3.63) is 35.4 Å². The van der Waals surface area contributed by atoms with Gasteiger partial charge in [0.15, 0.2) is 0 Å². The number of carbonyl (C=O) groups is 1.